The maximum absolute atomic E-state index is 14.4. The summed E-state index contributed by atoms with van der Waals surface area (Å²) in [5, 5.41) is 2.25. The van der Waals surface area contributed by atoms with Gasteiger partial charge in [-0.1, -0.05) is 117 Å². The molecule has 2 heterocycles. The van der Waals surface area contributed by atoms with Gasteiger partial charge in [-0.3, -0.25) is 14.2 Å². The Kier molecular flexibility index (Phi) is 14.2. The number of fused-ring (bicyclic) bond motifs is 2. The van der Waals surface area contributed by atoms with Crippen molar-refractivity contribution in [3.8, 4) is 22.3 Å². The number of hydrogen-bond donors (Lipinski definition) is 0. The highest BCUT2D eigenvalue weighted by atomic mass is 19.4. The molecule has 0 aliphatic carbocycles. The van der Waals surface area contributed by atoms with Gasteiger partial charge in [-0.2, -0.15) is 26.3 Å². The van der Waals surface area contributed by atoms with E-state index < -0.39 is 34.6 Å². The number of rotatable bonds is 8. The lowest BCUT2D eigenvalue weighted by molar-refractivity contribution is -0.138. The van der Waals surface area contributed by atoms with E-state index in [0.717, 1.165) is 49.9 Å². The van der Waals surface area contributed by atoms with Gasteiger partial charge in [0.05, 0.1) is 11.1 Å². The highest BCUT2D eigenvalue weighted by Crippen LogP contribution is 2.46. The molecule has 0 amide bonds. The second kappa shape index (κ2) is 18.2. The van der Waals surface area contributed by atoms with E-state index in [0.29, 0.717) is 49.4 Å². The maximum Gasteiger partial charge on any atom is 0.416 e. The molecule has 0 bridgehead atoms. The van der Waals surface area contributed by atoms with Crippen LogP contribution in [0.5, 0.6) is 0 Å². The number of halogens is 6. The van der Waals surface area contributed by atoms with Crippen LogP contribution in [0.1, 0.15) is 92.2 Å². The number of aromatic nitrogens is 1. The van der Waals surface area contributed by atoms with Crippen molar-refractivity contribution in [2.75, 3.05) is 0 Å². The predicted octanol–water partition coefficient (Wildman–Crippen LogP) is 14.5. The number of pyridine rings is 1. The monoisotopic (exact) mass is 777 g/mol. The Morgan fingerprint density at radius 2 is 1.09 bits per heavy atom. The van der Waals surface area contributed by atoms with Gasteiger partial charge < -0.3 is 4.42 Å². The van der Waals surface area contributed by atoms with Crippen LogP contribution in [0.2, 0.25) is 0 Å². The highest BCUT2D eigenvalue weighted by molar-refractivity contribution is 6.32. The number of alkyl halides is 6. The molecule has 4 nitrogen and oxygen atoms in total. The Labute approximate surface area is 323 Å². The zero-order valence-corrected chi connectivity index (χ0v) is 33.1. The fraction of sp³-hybridized carbons (Fsp3) is 0.348. The first-order valence-electron chi connectivity index (χ1n) is 19.5. The van der Waals surface area contributed by atoms with Crippen LogP contribution in [0, 0.1) is 5.92 Å². The number of para-hydroxylation sites is 1. The molecule has 0 N–H and O–H groups in total. The van der Waals surface area contributed by atoms with Gasteiger partial charge in [0.25, 0.3) is 11.1 Å². The maximum atomic E-state index is 14.4. The van der Waals surface area contributed by atoms with Crippen molar-refractivity contribution in [3.63, 3.8) is 0 Å². The summed E-state index contributed by atoms with van der Waals surface area (Å²) in [6.07, 6.45) is -5.73. The predicted molar refractivity (Wildman–Crippen MR) is 219 cm³/mol. The normalized spacial score (nSPS) is 12.2. The number of nitrogens with zero attached hydrogens (tertiary/aromatic N) is 1. The number of unbranched alkanes of at least 4 members (excludes halogenated alkanes) is 1. The molecule has 0 saturated heterocycles. The number of hydrogen-bond acceptors (Lipinski definition) is 3. The van der Waals surface area contributed by atoms with Crippen molar-refractivity contribution >= 4 is 43.5 Å². The first kappa shape index (κ1) is 43.6. The fourth-order valence-electron chi connectivity index (χ4n) is 7.05. The van der Waals surface area contributed by atoms with Crippen LogP contribution in [-0.4, -0.2) is 4.57 Å². The summed E-state index contributed by atoms with van der Waals surface area (Å²) in [5.41, 5.74) is -0.544. The van der Waals surface area contributed by atoms with Gasteiger partial charge in [0.2, 0.25) is 0 Å². The minimum absolute atomic E-state index is 0.0382. The van der Waals surface area contributed by atoms with E-state index in [9.17, 15) is 35.9 Å². The van der Waals surface area contributed by atoms with Gasteiger partial charge >= 0.3 is 12.4 Å². The Balaban J connectivity index is 0.00000111. The van der Waals surface area contributed by atoms with E-state index in [1.807, 2.05) is 48.5 Å². The lowest BCUT2D eigenvalue weighted by atomic mass is 9.87. The van der Waals surface area contributed by atoms with Gasteiger partial charge in [0.1, 0.15) is 11.2 Å². The van der Waals surface area contributed by atoms with Crippen molar-refractivity contribution in [1.82, 2.24) is 4.57 Å². The molecule has 0 saturated carbocycles. The van der Waals surface area contributed by atoms with E-state index in [4.69, 9.17) is 4.42 Å². The van der Waals surface area contributed by atoms with Crippen LogP contribution >= 0.6 is 0 Å². The summed E-state index contributed by atoms with van der Waals surface area (Å²) in [4.78, 5) is 28.8. The number of benzene rings is 5. The molecule has 298 valence electrons. The molecule has 0 radical (unpaired) electrons. The quantitative estimate of drug-likeness (QED) is 0.0877. The molecule has 56 heavy (non-hydrogen) atoms. The van der Waals surface area contributed by atoms with E-state index in [-0.39, 0.29) is 28.8 Å². The Bertz CT molecular complexity index is 2460. The average Bonchev–Trinajstić information content (AvgIpc) is 3.22. The molecule has 0 aliphatic heterocycles. The molecule has 0 spiro atoms. The summed E-state index contributed by atoms with van der Waals surface area (Å²) in [6.45, 7) is 16.2. The lowest BCUT2D eigenvalue weighted by Crippen LogP contribution is -2.35. The van der Waals surface area contributed by atoms with Crippen LogP contribution in [-0.2, 0) is 18.9 Å². The third-order valence-corrected chi connectivity index (χ3v) is 9.71. The van der Waals surface area contributed by atoms with Crippen LogP contribution in [0.15, 0.2) is 98.9 Å². The second-order valence-corrected chi connectivity index (χ2v) is 12.8. The average molecular weight is 778 g/mol. The molecule has 0 fully saturated rings. The van der Waals surface area contributed by atoms with Gasteiger partial charge in [-0.15, -0.1) is 0 Å². The SMILES string of the molecule is CC.CC.CC.CCCCC(CC)Cn1c(=O)c2cc(-c3ccc(C(F)(F)F)cc3)c3oc4ccccc4c4c(-c5ccc(C(F)(F)F)cc5)cc(c1=O)c2c34. The molecule has 0 aliphatic rings. The largest absolute Gasteiger partial charge is 0.455 e. The highest BCUT2D eigenvalue weighted by Gasteiger charge is 2.32. The first-order valence-corrected chi connectivity index (χ1v) is 19.5. The summed E-state index contributed by atoms with van der Waals surface area (Å²) in [7, 11) is 0. The lowest BCUT2D eigenvalue weighted by Gasteiger charge is -2.21. The summed E-state index contributed by atoms with van der Waals surface area (Å²) in [5.74, 6) is 0.0382. The second-order valence-electron chi connectivity index (χ2n) is 12.8. The fourth-order valence-corrected chi connectivity index (χ4v) is 7.05. The van der Waals surface area contributed by atoms with Crippen LogP contribution in [0.3, 0.4) is 0 Å². The van der Waals surface area contributed by atoms with E-state index >= 15 is 0 Å². The third kappa shape index (κ3) is 8.34. The Morgan fingerprint density at radius 1 is 0.607 bits per heavy atom. The van der Waals surface area contributed by atoms with Gasteiger partial charge in [-0.25, -0.2) is 0 Å². The van der Waals surface area contributed by atoms with Crippen molar-refractivity contribution in [2.45, 2.75) is 100.0 Å². The molecule has 7 aromatic rings. The molecular weight excluding hydrogens is 728 g/mol. The van der Waals surface area contributed by atoms with Crippen molar-refractivity contribution in [1.29, 1.82) is 0 Å². The standard InChI is InChI=1S/C40H31F6NO3.3C2H6/c1-3-5-8-22(4-2)21-47-37(48)30-19-28(23-11-15-25(16-12-23)39(41,42)43)33-27-9-6-7-10-32(27)50-36-29(20-31(38(47)49)34(30)35(33)36)24-13-17-26(18-14-24)40(44,45)46;3*1-2/h6-7,9-20,22H,3-5,8,21H2,1-2H3;3*1-2H3. The molecule has 7 rings (SSSR count). The molecule has 2 aromatic heterocycles. The zero-order valence-electron chi connectivity index (χ0n) is 33.1. The summed E-state index contributed by atoms with van der Waals surface area (Å²) in [6, 6.07) is 19.4. The summed E-state index contributed by atoms with van der Waals surface area (Å²) < 4.78 is 89.1. The molecular formula is C46H49F6NO3. The van der Waals surface area contributed by atoms with Crippen molar-refractivity contribution in [3.05, 3.63) is 117 Å². The van der Waals surface area contributed by atoms with E-state index in [1.54, 1.807) is 36.4 Å². The molecule has 1 atom stereocenters. The third-order valence-electron chi connectivity index (χ3n) is 9.71. The van der Waals surface area contributed by atoms with Gasteiger partial charge in [0, 0.05) is 44.4 Å². The van der Waals surface area contributed by atoms with Gasteiger partial charge in [0.15, 0.2) is 0 Å². The Hall–Kier alpha value is -5.12. The van der Waals surface area contributed by atoms with Crippen LogP contribution in [0.25, 0.3) is 65.7 Å². The van der Waals surface area contributed by atoms with Crippen LogP contribution in [0.4, 0.5) is 26.3 Å². The topological polar surface area (TPSA) is 52.2 Å². The smallest absolute Gasteiger partial charge is 0.416 e. The van der Waals surface area contributed by atoms with E-state index in [2.05, 4.69) is 6.92 Å². The van der Waals surface area contributed by atoms with E-state index in [1.165, 1.54) is 28.8 Å². The minimum atomic E-state index is -4.57. The zero-order chi connectivity index (χ0) is 41.5. The first-order chi connectivity index (χ1) is 26.8. The van der Waals surface area contributed by atoms with Crippen LogP contribution < -0.4 is 11.1 Å². The minimum Gasteiger partial charge on any atom is -0.455 e. The van der Waals surface area contributed by atoms with Crippen molar-refractivity contribution < 1.29 is 30.8 Å². The van der Waals surface area contributed by atoms with Gasteiger partial charge in [-0.05, 0) is 71.5 Å². The molecule has 5 aromatic carbocycles. The molecule has 1 unspecified atom stereocenters. The molecule has 10 heteroatoms. The van der Waals surface area contributed by atoms with Crippen molar-refractivity contribution in [2.24, 2.45) is 5.92 Å². The Morgan fingerprint density at radius 3 is 1.57 bits per heavy atom. The summed E-state index contributed by atoms with van der Waals surface area (Å²) >= 11 is 0.